The number of sulfonamides is 1. The van der Waals surface area contributed by atoms with Gasteiger partial charge in [-0.15, -0.1) is 0 Å². The van der Waals surface area contributed by atoms with E-state index in [0.29, 0.717) is 23.4 Å². The normalized spacial score (nSPS) is 12.1. The molecule has 0 saturated carbocycles. The van der Waals surface area contributed by atoms with E-state index < -0.39 is 28.1 Å². The quantitative estimate of drug-likeness (QED) is 0.185. The van der Waals surface area contributed by atoms with Crippen molar-refractivity contribution in [2.24, 2.45) is 0 Å². The Morgan fingerprint density at radius 2 is 1.70 bits per heavy atom. The number of hydrogen-bond acceptors (Lipinski definition) is 7. The fourth-order valence-electron chi connectivity index (χ4n) is 4.37. The van der Waals surface area contributed by atoms with E-state index in [1.54, 1.807) is 50.2 Å². The summed E-state index contributed by atoms with van der Waals surface area (Å²) in [6.07, 6.45) is -1.21. The average molecular weight is 633 g/mol. The van der Waals surface area contributed by atoms with Crippen molar-refractivity contribution in [1.82, 2.24) is 9.62 Å². The molecule has 0 aliphatic rings. The molecule has 0 aliphatic heterocycles. The van der Waals surface area contributed by atoms with E-state index in [0.717, 1.165) is 16.7 Å². The molecule has 1 atom stereocenters. The third-order valence-corrected chi connectivity index (χ3v) is 8.04. The van der Waals surface area contributed by atoms with Crippen molar-refractivity contribution in [3.8, 4) is 16.9 Å². The van der Waals surface area contributed by atoms with E-state index in [2.05, 4.69) is 0 Å². The average Bonchev–Trinajstić information content (AvgIpc) is 2.95. The first kappa shape index (κ1) is 33.9. The molecule has 3 rings (SSSR count). The molecular weight excluding hydrogens is 596 g/mol. The molecular formula is C31H37ClN2O8S. The molecule has 0 saturated heterocycles. The van der Waals surface area contributed by atoms with Gasteiger partial charge in [0.15, 0.2) is 0 Å². The summed E-state index contributed by atoms with van der Waals surface area (Å²) >= 11 is 5.98. The van der Waals surface area contributed by atoms with Gasteiger partial charge in [0.1, 0.15) is 5.75 Å². The summed E-state index contributed by atoms with van der Waals surface area (Å²) in [4.78, 5) is 25.7. The molecule has 0 aliphatic carbocycles. The van der Waals surface area contributed by atoms with Crippen LogP contribution in [0.3, 0.4) is 0 Å². The predicted molar refractivity (Wildman–Crippen MR) is 165 cm³/mol. The molecule has 0 heterocycles. The minimum atomic E-state index is -3.91. The number of aryl methyl sites for hydroxylation is 1. The summed E-state index contributed by atoms with van der Waals surface area (Å²) in [6, 6.07) is 19.3. The van der Waals surface area contributed by atoms with Crippen LogP contribution in [0, 0.1) is 0 Å². The number of rotatable bonds is 15. The third-order valence-electron chi connectivity index (χ3n) is 6.49. The molecule has 3 aromatic carbocycles. The number of halogens is 1. The molecule has 0 aromatic heterocycles. The van der Waals surface area contributed by atoms with Gasteiger partial charge in [0.05, 0.1) is 30.1 Å². The summed E-state index contributed by atoms with van der Waals surface area (Å²) in [5, 5.41) is 29.5. The first-order chi connectivity index (χ1) is 20.4. The van der Waals surface area contributed by atoms with Crippen LogP contribution in [-0.2, 0) is 16.4 Å². The van der Waals surface area contributed by atoms with Crippen molar-refractivity contribution < 1.29 is 38.1 Å². The second-order valence-electron chi connectivity index (χ2n) is 10.3. The number of ether oxygens (including phenoxy) is 1. The number of nitrogens with one attached hydrogen (secondary N) is 1. The largest absolute Gasteiger partial charge is 0.490 e. The van der Waals surface area contributed by atoms with Gasteiger partial charge in [-0.2, -0.15) is 0 Å². The number of carbonyl (C=O) groups is 2. The van der Waals surface area contributed by atoms with E-state index in [4.69, 9.17) is 21.4 Å². The number of nitrogens with zero attached hydrogens (tertiary/aromatic N) is 1. The van der Waals surface area contributed by atoms with Gasteiger partial charge < -0.3 is 25.0 Å². The summed E-state index contributed by atoms with van der Waals surface area (Å²) in [5.41, 5.74) is 3.22. The monoisotopic (exact) mass is 632 g/mol. The maximum atomic E-state index is 12.8. The fourth-order valence-corrected chi connectivity index (χ4v) is 5.58. The Bertz CT molecular complexity index is 1500. The van der Waals surface area contributed by atoms with Crippen molar-refractivity contribution >= 4 is 33.6 Å². The predicted octanol–water partition coefficient (Wildman–Crippen LogP) is 4.88. The highest BCUT2D eigenvalue weighted by atomic mass is 35.5. The zero-order chi connectivity index (χ0) is 31.6. The minimum absolute atomic E-state index is 0.0117. The summed E-state index contributed by atoms with van der Waals surface area (Å²) in [6.45, 7) is 3.46. The van der Waals surface area contributed by atoms with Crippen molar-refractivity contribution in [2.45, 2.75) is 45.3 Å². The Kier molecular flexibility index (Phi) is 12.4. The Balaban J connectivity index is 1.66. The Hall–Kier alpha value is -3.64. The van der Waals surface area contributed by atoms with Gasteiger partial charge in [0, 0.05) is 18.2 Å². The fraction of sp³-hybridized carbons (Fsp3) is 0.355. The van der Waals surface area contributed by atoms with Crippen LogP contribution in [0.1, 0.15) is 54.3 Å². The third kappa shape index (κ3) is 10.5. The van der Waals surface area contributed by atoms with Crippen LogP contribution in [0.2, 0.25) is 5.02 Å². The molecule has 12 heteroatoms. The number of carboxylic acid groups (broad SMARTS) is 1. The van der Waals surface area contributed by atoms with E-state index in [1.165, 1.54) is 11.0 Å². The first-order valence-corrected chi connectivity index (χ1v) is 15.9. The smallest absolute Gasteiger partial charge is 0.407 e. The number of hydrogen-bond donors (Lipinski definition) is 4. The minimum Gasteiger partial charge on any atom is -0.490 e. The second kappa shape index (κ2) is 15.7. The Morgan fingerprint density at radius 3 is 2.33 bits per heavy atom. The lowest BCUT2D eigenvalue weighted by atomic mass is 10.00. The molecule has 0 radical (unpaired) electrons. The number of aliphatic hydroxyl groups is 2. The lowest BCUT2D eigenvalue weighted by Gasteiger charge is -2.23. The van der Waals surface area contributed by atoms with Crippen LogP contribution < -0.4 is 9.46 Å². The maximum Gasteiger partial charge on any atom is 0.407 e. The summed E-state index contributed by atoms with van der Waals surface area (Å²) in [5.74, 6) is -0.953. The van der Waals surface area contributed by atoms with Crippen LogP contribution in [0.5, 0.6) is 5.75 Å². The summed E-state index contributed by atoms with van der Waals surface area (Å²) < 4.78 is 32.2. The highest BCUT2D eigenvalue weighted by molar-refractivity contribution is 7.90. The molecule has 3 aromatic rings. The van der Waals surface area contributed by atoms with Crippen molar-refractivity contribution in [2.75, 3.05) is 25.4 Å². The van der Waals surface area contributed by atoms with Gasteiger partial charge in [0.25, 0.3) is 5.91 Å². The molecule has 43 heavy (non-hydrogen) atoms. The van der Waals surface area contributed by atoms with Crippen molar-refractivity contribution in [3.05, 3.63) is 88.4 Å². The molecule has 2 amide bonds. The van der Waals surface area contributed by atoms with Crippen LogP contribution in [0.25, 0.3) is 11.1 Å². The Morgan fingerprint density at radius 1 is 1.00 bits per heavy atom. The lowest BCUT2D eigenvalue weighted by molar-refractivity contribution is 0.0961. The van der Waals surface area contributed by atoms with Crippen LogP contribution in [-0.4, -0.2) is 72.2 Å². The number of carbonyl (C=O) groups excluding carboxylic acids is 1. The van der Waals surface area contributed by atoms with Crippen molar-refractivity contribution in [1.29, 1.82) is 0 Å². The topological polar surface area (TPSA) is 153 Å². The van der Waals surface area contributed by atoms with Gasteiger partial charge in [-0.05, 0) is 79.6 Å². The SMILES string of the molecule is CC(C)Oc1cc(-c2ccc(CCCN(C[C@@H](O)c3cccc(Cl)c3)C(=O)O)cc2)ccc1C(=O)NS(=O)(=O)CCCO. The van der Waals surface area contributed by atoms with Gasteiger partial charge in [0.2, 0.25) is 10.0 Å². The van der Waals surface area contributed by atoms with Crippen molar-refractivity contribution in [3.63, 3.8) is 0 Å². The van der Waals surface area contributed by atoms with Gasteiger partial charge in [-0.25, -0.2) is 17.9 Å². The highest BCUT2D eigenvalue weighted by Gasteiger charge is 2.21. The zero-order valence-electron chi connectivity index (χ0n) is 24.1. The van der Waals surface area contributed by atoms with Crippen LogP contribution in [0.15, 0.2) is 66.7 Å². The van der Waals surface area contributed by atoms with E-state index >= 15 is 0 Å². The molecule has 0 unspecified atom stereocenters. The Labute approximate surface area is 256 Å². The second-order valence-corrected chi connectivity index (χ2v) is 12.6. The lowest BCUT2D eigenvalue weighted by Crippen LogP contribution is -2.34. The molecule has 0 spiro atoms. The number of aliphatic hydroxyl groups excluding tert-OH is 2. The van der Waals surface area contributed by atoms with Gasteiger partial charge in [-0.1, -0.05) is 54.1 Å². The molecule has 0 fully saturated rings. The number of benzene rings is 3. The summed E-state index contributed by atoms with van der Waals surface area (Å²) in [7, 11) is -3.91. The van der Waals surface area contributed by atoms with E-state index in [9.17, 15) is 28.2 Å². The van der Waals surface area contributed by atoms with Gasteiger partial charge in [-0.3, -0.25) is 4.79 Å². The van der Waals surface area contributed by atoms with Crippen LogP contribution >= 0.6 is 11.6 Å². The first-order valence-electron chi connectivity index (χ1n) is 13.9. The molecule has 4 N–H and O–H groups in total. The van der Waals surface area contributed by atoms with Crippen LogP contribution in [0.4, 0.5) is 4.79 Å². The highest BCUT2D eigenvalue weighted by Crippen LogP contribution is 2.29. The van der Waals surface area contributed by atoms with Gasteiger partial charge >= 0.3 is 6.09 Å². The zero-order valence-corrected chi connectivity index (χ0v) is 25.6. The number of amides is 2. The standard InChI is InChI=1S/C31H37ClN2O8S/c1-21(2)42-29-19-24(13-14-27(29)30(37)33-43(40,41)17-5-16-35)23-11-9-22(10-12-23)6-4-15-34(31(38)39)20-28(36)25-7-3-8-26(32)18-25/h3,7-14,18-19,21,28,35-36H,4-6,15-17,20H2,1-2H3,(H,33,37)(H,38,39)/t28-/m1/s1. The molecule has 232 valence electrons. The molecule has 10 nitrogen and oxygen atoms in total. The van der Waals surface area contributed by atoms with E-state index in [1.807, 2.05) is 29.0 Å². The maximum absolute atomic E-state index is 12.8. The molecule has 0 bridgehead atoms. The van der Waals surface area contributed by atoms with E-state index in [-0.39, 0.29) is 49.3 Å².